The summed E-state index contributed by atoms with van der Waals surface area (Å²) >= 11 is 3.44. The van der Waals surface area contributed by atoms with Gasteiger partial charge in [0, 0.05) is 15.7 Å². The van der Waals surface area contributed by atoms with Crippen molar-refractivity contribution in [2.75, 3.05) is 5.32 Å². The van der Waals surface area contributed by atoms with E-state index in [1.165, 1.54) is 5.56 Å². The number of halogens is 1. The molecule has 5 heteroatoms. The Hall–Kier alpha value is -2.14. The van der Waals surface area contributed by atoms with Gasteiger partial charge in [0.15, 0.2) is 0 Å². The van der Waals surface area contributed by atoms with Crippen LogP contribution in [0.2, 0.25) is 0 Å². The lowest BCUT2D eigenvalue weighted by atomic mass is 10.1. The van der Waals surface area contributed by atoms with E-state index in [-0.39, 0.29) is 0 Å². The molecule has 0 unspecified atom stereocenters. The monoisotopic (exact) mass is 343 g/mol. The van der Waals surface area contributed by atoms with Gasteiger partial charge in [-0.1, -0.05) is 39.7 Å². The molecule has 0 aliphatic carbocycles. The number of aryl methyl sites for hydroxylation is 1. The second kappa shape index (κ2) is 6.10. The van der Waals surface area contributed by atoms with Crippen LogP contribution in [0, 0.1) is 6.92 Å². The summed E-state index contributed by atoms with van der Waals surface area (Å²) in [7, 11) is 0. The van der Waals surface area contributed by atoms with Gasteiger partial charge in [0.1, 0.15) is 0 Å². The summed E-state index contributed by atoms with van der Waals surface area (Å²) in [6, 6.07) is 15.9. The van der Waals surface area contributed by atoms with Crippen LogP contribution in [0.25, 0.3) is 11.5 Å². The molecule has 0 amide bonds. The predicted octanol–water partition coefficient (Wildman–Crippen LogP) is 4.42. The zero-order chi connectivity index (χ0) is 14.7. The fraction of sp³-hybridized carbons (Fsp3) is 0.125. The first-order valence-electron chi connectivity index (χ1n) is 6.59. The van der Waals surface area contributed by atoms with Crippen molar-refractivity contribution in [2.24, 2.45) is 0 Å². The molecule has 0 spiro atoms. The highest BCUT2D eigenvalue weighted by molar-refractivity contribution is 9.10. The van der Waals surface area contributed by atoms with Gasteiger partial charge in [-0.2, -0.15) is 0 Å². The summed E-state index contributed by atoms with van der Waals surface area (Å²) in [5, 5.41) is 11.4. The molecular formula is C16H14BrN3O. The van der Waals surface area contributed by atoms with E-state index in [1.807, 2.05) is 55.5 Å². The zero-order valence-corrected chi connectivity index (χ0v) is 13.1. The van der Waals surface area contributed by atoms with Gasteiger partial charge in [0.2, 0.25) is 11.8 Å². The van der Waals surface area contributed by atoms with Crippen molar-refractivity contribution in [3.8, 4) is 11.5 Å². The third-order valence-corrected chi connectivity index (χ3v) is 3.49. The van der Waals surface area contributed by atoms with Gasteiger partial charge < -0.3 is 9.73 Å². The molecule has 1 aromatic heterocycles. The number of aromatic nitrogens is 2. The van der Waals surface area contributed by atoms with Crippen molar-refractivity contribution >= 4 is 21.6 Å². The fourth-order valence-corrected chi connectivity index (χ4v) is 2.40. The van der Waals surface area contributed by atoms with Crippen LogP contribution >= 0.6 is 15.9 Å². The Morgan fingerprint density at radius 1 is 1.10 bits per heavy atom. The van der Waals surface area contributed by atoms with Crippen LogP contribution in [0.3, 0.4) is 0 Å². The van der Waals surface area contributed by atoms with Crippen molar-refractivity contribution in [1.29, 1.82) is 0 Å². The van der Waals surface area contributed by atoms with Gasteiger partial charge >= 0.3 is 0 Å². The zero-order valence-electron chi connectivity index (χ0n) is 11.5. The van der Waals surface area contributed by atoms with Gasteiger partial charge in [-0.05, 0) is 37.3 Å². The Labute approximate surface area is 131 Å². The first-order chi connectivity index (χ1) is 10.2. The summed E-state index contributed by atoms with van der Waals surface area (Å²) in [5.41, 5.74) is 3.11. The number of rotatable bonds is 4. The number of hydrogen-bond donors (Lipinski definition) is 1. The second-order valence-corrected chi connectivity index (χ2v) is 5.65. The van der Waals surface area contributed by atoms with Crippen molar-refractivity contribution in [3.05, 3.63) is 64.5 Å². The molecule has 0 atom stereocenters. The van der Waals surface area contributed by atoms with Crippen LogP contribution in [-0.2, 0) is 6.54 Å². The lowest BCUT2D eigenvalue weighted by Gasteiger charge is -2.03. The van der Waals surface area contributed by atoms with Gasteiger partial charge in [0.25, 0.3) is 0 Å². The molecule has 0 saturated carbocycles. The van der Waals surface area contributed by atoms with Gasteiger partial charge in [-0.3, -0.25) is 0 Å². The van der Waals surface area contributed by atoms with Crippen LogP contribution < -0.4 is 5.32 Å². The Morgan fingerprint density at radius 3 is 2.76 bits per heavy atom. The van der Waals surface area contributed by atoms with Gasteiger partial charge in [0.05, 0.1) is 6.54 Å². The molecule has 0 fully saturated rings. The smallest absolute Gasteiger partial charge is 0.247 e. The molecule has 1 heterocycles. The second-order valence-electron chi connectivity index (χ2n) is 4.73. The maximum atomic E-state index is 5.68. The average Bonchev–Trinajstić information content (AvgIpc) is 2.94. The molecule has 21 heavy (non-hydrogen) atoms. The quantitative estimate of drug-likeness (QED) is 0.761. The van der Waals surface area contributed by atoms with Crippen molar-refractivity contribution < 1.29 is 4.42 Å². The van der Waals surface area contributed by atoms with Crippen molar-refractivity contribution in [3.63, 3.8) is 0 Å². The third-order valence-electron chi connectivity index (χ3n) is 3.00. The topological polar surface area (TPSA) is 51.0 Å². The molecule has 106 valence electrons. The summed E-state index contributed by atoms with van der Waals surface area (Å²) in [6.07, 6.45) is 0. The van der Waals surface area contributed by atoms with E-state index in [0.29, 0.717) is 18.3 Å². The van der Waals surface area contributed by atoms with Crippen LogP contribution in [-0.4, -0.2) is 10.2 Å². The van der Waals surface area contributed by atoms with E-state index in [4.69, 9.17) is 4.42 Å². The van der Waals surface area contributed by atoms with Gasteiger partial charge in [-0.25, -0.2) is 0 Å². The summed E-state index contributed by atoms with van der Waals surface area (Å²) in [6.45, 7) is 2.53. The molecule has 3 rings (SSSR count). The minimum atomic E-state index is 0.495. The first kappa shape index (κ1) is 13.8. The molecule has 3 aromatic rings. The van der Waals surface area contributed by atoms with E-state index in [2.05, 4.69) is 31.4 Å². The van der Waals surface area contributed by atoms with E-state index in [1.54, 1.807) is 0 Å². The lowest BCUT2D eigenvalue weighted by molar-refractivity contribution is 0.515. The minimum absolute atomic E-state index is 0.495. The average molecular weight is 344 g/mol. The van der Waals surface area contributed by atoms with Crippen molar-refractivity contribution in [1.82, 2.24) is 10.2 Å². The Balaban J connectivity index is 1.71. The molecule has 4 nitrogen and oxygen atoms in total. The van der Waals surface area contributed by atoms with Crippen LogP contribution in [0.5, 0.6) is 0 Å². The summed E-state index contributed by atoms with van der Waals surface area (Å²) < 4.78 is 6.71. The van der Waals surface area contributed by atoms with Crippen LogP contribution in [0.4, 0.5) is 5.69 Å². The highest BCUT2D eigenvalue weighted by Crippen LogP contribution is 2.20. The molecule has 2 aromatic carbocycles. The largest absolute Gasteiger partial charge is 0.419 e. The summed E-state index contributed by atoms with van der Waals surface area (Å²) in [4.78, 5) is 0. The lowest BCUT2D eigenvalue weighted by Crippen LogP contribution is -1.99. The van der Waals surface area contributed by atoms with Crippen LogP contribution in [0.1, 0.15) is 11.5 Å². The van der Waals surface area contributed by atoms with E-state index >= 15 is 0 Å². The predicted molar refractivity (Wildman–Crippen MR) is 85.9 cm³/mol. The number of nitrogens with zero attached hydrogens (tertiary/aromatic N) is 2. The maximum Gasteiger partial charge on any atom is 0.247 e. The molecular weight excluding hydrogens is 330 g/mol. The summed E-state index contributed by atoms with van der Waals surface area (Å²) in [5.74, 6) is 1.11. The SMILES string of the molecule is Cc1cccc(-c2nnc(CNc3cccc(Br)c3)o2)c1. The molecule has 0 aliphatic heterocycles. The highest BCUT2D eigenvalue weighted by Gasteiger charge is 2.08. The number of anilines is 1. The highest BCUT2D eigenvalue weighted by atomic mass is 79.9. The van der Waals surface area contributed by atoms with Crippen LogP contribution in [0.15, 0.2) is 57.4 Å². The molecule has 0 radical (unpaired) electrons. The molecule has 1 N–H and O–H groups in total. The van der Waals surface area contributed by atoms with E-state index in [9.17, 15) is 0 Å². The van der Waals surface area contributed by atoms with Crippen molar-refractivity contribution in [2.45, 2.75) is 13.5 Å². The van der Waals surface area contributed by atoms with E-state index in [0.717, 1.165) is 15.7 Å². The fourth-order valence-electron chi connectivity index (χ4n) is 2.00. The Bertz CT molecular complexity index is 755. The minimum Gasteiger partial charge on any atom is -0.419 e. The van der Waals surface area contributed by atoms with E-state index < -0.39 is 0 Å². The molecule has 0 bridgehead atoms. The maximum absolute atomic E-state index is 5.68. The Kier molecular flexibility index (Phi) is 4.01. The van der Waals surface area contributed by atoms with Gasteiger partial charge in [-0.15, -0.1) is 10.2 Å². The molecule has 0 saturated heterocycles. The number of benzene rings is 2. The molecule has 0 aliphatic rings. The standard InChI is InChI=1S/C16H14BrN3O/c1-11-4-2-5-12(8-11)16-20-19-15(21-16)10-18-14-7-3-6-13(17)9-14/h2-9,18H,10H2,1H3. The normalized spacial score (nSPS) is 10.6. The number of nitrogens with one attached hydrogen (secondary N) is 1. The number of hydrogen-bond acceptors (Lipinski definition) is 4. The first-order valence-corrected chi connectivity index (χ1v) is 7.39. The third kappa shape index (κ3) is 3.49. The Morgan fingerprint density at radius 2 is 1.95 bits per heavy atom.